The molecule has 3 heterocycles. The van der Waals surface area contributed by atoms with Crippen molar-refractivity contribution in [2.75, 3.05) is 14.2 Å². The summed E-state index contributed by atoms with van der Waals surface area (Å²) in [4.78, 5) is 24.6. The number of aromatic nitrogens is 1. The minimum atomic E-state index is -0.317. The van der Waals surface area contributed by atoms with Gasteiger partial charge in [0.2, 0.25) is 0 Å². The number of furan rings is 1. The molecule has 28 heavy (non-hydrogen) atoms. The topological polar surface area (TPSA) is 82.7 Å². The van der Waals surface area contributed by atoms with Crippen molar-refractivity contribution in [3.8, 4) is 22.8 Å². The van der Waals surface area contributed by atoms with Crippen molar-refractivity contribution in [3.05, 3.63) is 59.2 Å². The standard InChI is InChI=1S/C21H20N2O5/c1-26-18-8-13-5-6-23-11-16(21(25)22-10-14-4-3-7-28-14)17(12-24)20(23)15(13)9-19(18)27-2/h3-4,7-9,11-12H,5-6,10H2,1-2H3,(H,22,25). The van der Waals surface area contributed by atoms with Gasteiger partial charge in [0.15, 0.2) is 17.8 Å². The quantitative estimate of drug-likeness (QED) is 0.665. The molecular formula is C21H20N2O5. The number of fused-ring (bicyclic) bond motifs is 3. The Balaban J connectivity index is 1.73. The predicted molar refractivity (Wildman–Crippen MR) is 102 cm³/mol. The van der Waals surface area contributed by atoms with E-state index in [1.807, 2.05) is 16.7 Å². The Morgan fingerprint density at radius 3 is 2.75 bits per heavy atom. The number of ether oxygens (including phenoxy) is 2. The molecule has 144 valence electrons. The Hall–Kier alpha value is -3.48. The lowest BCUT2D eigenvalue weighted by atomic mass is 9.95. The lowest BCUT2D eigenvalue weighted by Crippen LogP contribution is -2.23. The van der Waals surface area contributed by atoms with Gasteiger partial charge in [-0.3, -0.25) is 9.59 Å². The van der Waals surface area contributed by atoms with Crippen molar-refractivity contribution < 1.29 is 23.5 Å². The second kappa shape index (κ2) is 7.26. The number of amides is 1. The van der Waals surface area contributed by atoms with E-state index in [-0.39, 0.29) is 12.5 Å². The number of carbonyl (C=O) groups excluding carboxylic acids is 2. The van der Waals surface area contributed by atoms with Gasteiger partial charge in [0.05, 0.1) is 43.8 Å². The van der Waals surface area contributed by atoms with Gasteiger partial charge in [-0.15, -0.1) is 0 Å². The van der Waals surface area contributed by atoms with Gasteiger partial charge < -0.3 is 23.8 Å². The molecule has 7 nitrogen and oxygen atoms in total. The Kier molecular flexibility index (Phi) is 4.65. The molecule has 4 rings (SSSR count). The van der Waals surface area contributed by atoms with E-state index in [0.717, 1.165) is 29.5 Å². The lowest BCUT2D eigenvalue weighted by molar-refractivity contribution is 0.0943. The fourth-order valence-electron chi connectivity index (χ4n) is 3.61. The first-order valence-electron chi connectivity index (χ1n) is 8.90. The van der Waals surface area contributed by atoms with E-state index in [0.29, 0.717) is 34.9 Å². The van der Waals surface area contributed by atoms with Crippen LogP contribution in [0.25, 0.3) is 11.3 Å². The van der Waals surface area contributed by atoms with E-state index in [4.69, 9.17) is 13.9 Å². The molecule has 1 amide bonds. The van der Waals surface area contributed by atoms with Gasteiger partial charge in [0, 0.05) is 18.3 Å². The summed E-state index contributed by atoms with van der Waals surface area (Å²) >= 11 is 0. The van der Waals surface area contributed by atoms with Gasteiger partial charge >= 0.3 is 0 Å². The van der Waals surface area contributed by atoms with E-state index >= 15 is 0 Å². The smallest absolute Gasteiger partial charge is 0.253 e. The molecule has 0 radical (unpaired) electrons. The molecule has 0 unspecified atom stereocenters. The number of benzene rings is 1. The first-order chi connectivity index (χ1) is 13.7. The number of aldehydes is 1. The van der Waals surface area contributed by atoms with E-state index in [1.165, 1.54) is 0 Å². The minimum absolute atomic E-state index is 0.256. The molecule has 1 N–H and O–H groups in total. The molecule has 0 saturated carbocycles. The van der Waals surface area contributed by atoms with Crippen LogP contribution in [0.3, 0.4) is 0 Å². The summed E-state index contributed by atoms with van der Waals surface area (Å²) in [6.45, 7) is 0.927. The van der Waals surface area contributed by atoms with Gasteiger partial charge in [0.25, 0.3) is 5.91 Å². The van der Waals surface area contributed by atoms with Crippen LogP contribution in [0.4, 0.5) is 0 Å². The van der Waals surface area contributed by atoms with Crippen LogP contribution < -0.4 is 14.8 Å². The Labute approximate surface area is 161 Å². The van der Waals surface area contributed by atoms with Crippen molar-refractivity contribution in [1.82, 2.24) is 9.88 Å². The summed E-state index contributed by atoms with van der Waals surface area (Å²) in [5, 5.41) is 2.80. The number of aryl methyl sites for hydroxylation is 2. The molecule has 7 heteroatoms. The second-order valence-corrected chi connectivity index (χ2v) is 6.49. The van der Waals surface area contributed by atoms with Crippen molar-refractivity contribution in [2.45, 2.75) is 19.5 Å². The average molecular weight is 380 g/mol. The molecule has 0 atom stereocenters. The zero-order valence-corrected chi connectivity index (χ0v) is 15.7. The highest BCUT2D eigenvalue weighted by molar-refractivity contribution is 6.05. The maximum atomic E-state index is 12.7. The summed E-state index contributed by atoms with van der Waals surface area (Å²) in [5.41, 5.74) is 3.36. The maximum Gasteiger partial charge on any atom is 0.253 e. The minimum Gasteiger partial charge on any atom is -0.493 e. The largest absolute Gasteiger partial charge is 0.493 e. The van der Waals surface area contributed by atoms with Crippen molar-refractivity contribution in [3.63, 3.8) is 0 Å². The van der Waals surface area contributed by atoms with Crippen LogP contribution in [0.1, 0.15) is 32.0 Å². The fraction of sp³-hybridized carbons (Fsp3) is 0.238. The van der Waals surface area contributed by atoms with E-state index in [1.54, 1.807) is 38.8 Å². The molecule has 1 aliphatic rings. The first-order valence-corrected chi connectivity index (χ1v) is 8.90. The van der Waals surface area contributed by atoms with Crippen LogP contribution in [0.5, 0.6) is 11.5 Å². The Morgan fingerprint density at radius 2 is 2.07 bits per heavy atom. The van der Waals surface area contributed by atoms with Crippen LogP contribution in [-0.4, -0.2) is 31.0 Å². The average Bonchev–Trinajstić information content (AvgIpc) is 3.38. The van der Waals surface area contributed by atoms with Crippen LogP contribution in [-0.2, 0) is 19.5 Å². The summed E-state index contributed by atoms with van der Waals surface area (Å²) in [6.07, 6.45) is 4.78. The number of carbonyl (C=O) groups is 2. The number of methoxy groups -OCH3 is 2. The SMILES string of the molecule is COc1cc2c(cc1OC)-c1c(C=O)c(C(=O)NCc3ccco3)cn1CC2. The molecule has 0 bridgehead atoms. The van der Waals surface area contributed by atoms with E-state index < -0.39 is 0 Å². The van der Waals surface area contributed by atoms with E-state index in [2.05, 4.69) is 5.32 Å². The molecular weight excluding hydrogens is 360 g/mol. The molecule has 1 aromatic carbocycles. The van der Waals surface area contributed by atoms with Gasteiger partial charge in [0.1, 0.15) is 5.76 Å². The zero-order valence-electron chi connectivity index (χ0n) is 15.7. The molecule has 2 aromatic heterocycles. The Bertz CT molecular complexity index is 1030. The summed E-state index contributed by atoms with van der Waals surface area (Å²) in [6, 6.07) is 7.32. The van der Waals surface area contributed by atoms with Crippen molar-refractivity contribution >= 4 is 12.2 Å². The predicted octanol–water partition coefficient (Wildman–Crippen LogP) is 3.06. The third kappa shape index (κ3) is 2.94. The molecule has 0 fully saturated rings. The van der Waals surface area contributed by atoms with Gasteiger partial charge in [-0.25, -0.2) is 0 Å². The summed E-state index contributed by atoms with van der Waals surface area (Å²) in [7, 11) is 3.16. The van der Waals surface area contributed by atoms with Crippen LogP contribution in [0, 0.1) is 0 Å². The number of rotatable bonds is 6. The fourth-order valence-corrected chi connectivity index (χ4v) is 3.61. The number of hydrogen-bond acceptors (Lipinski definition) is 5. The molecule has 0 saturated heterocycles. The van der Waals surface area contributed by atoms with Gasteiger partial charge in [-0.1, -0.05) is 0 Å². The Morgan fingerprint density at radius 1 is 1.29 bits per heavy atom. The highest BCUT2D eigenvalue weighted by Gasteiger charge is 2.27. The monoisotopic (exact) mass is 380 g/mol. The second-order valence-electron chi connectivity index (χ2n) is 6.49. The van der Waals surface area contributed by atoms with Crippen LogP contribution >= 0.6 is 0 Å². The number of nitrogens with one attached hydrogen (secondary N) is 1. The van der Waals surface area contributed by atoms with Crippen LogP contribution in [0.15, 0.2) is 41.1 Å². The lowest BCUT2D eigenvalue weighted by Gasteiger charge is -2.22. The maximum absolute atomic E-state index is 12.7. The van der Waals surface area contributed by atoms with Crippen LogP contribution in [0.2, 0.25) is 0 Å². The normalized spacial score (nSPS) is 12.1. The van der Waals surface area contributed by atoms with Crippen molar-refractivity contribution in [1.29, 1.82) is 0 Å². The molecule has 1 aliphatic heterocycles. The molecule has 3 aromatic rings. The van der Waals surface area contributed by atoms with Gasteiger partial charge in [-0.05, 0) is 36.2 Å². The first kappa shape index (κ1) is 17.9. The van der Waals surface area contributed by atoms with Crippen molar-refractivity contribution in [2.24, 2.45) is 0 Å². The summed E-state index contributed by atoms with van der Waals surface area (Å²) in [5.74, 6) is 1.55. The zero-order chi connectivity index (χ0) is 19.7. The summed E-state index contributed by atoms with van der Waals surface area (Å²) < 4.78 is 18.0. The third-order valence-electron chi connectivity index (χ3n) is 4.97. The highest BCUT2D eigenvalue weighted by Crippen LogP contribution is 2.40. The third-order valence-corrected chi connectivity index (χ3v) is 4.97. The molecule has 0 aliphatic carbocycles. The van der Waals surface area contributed by atoms with Gasteiger partial charge in [-0.2, -0.15) is 0 Å². The van der Waals surface area contributed by atoms with E-state index in [9.17, 15) is 9.59 Å². The highest BCUT2D eigenvalue weighted by atomic mass is 16.5. The molecule has 0 spiro atoms. The number of hydrogen-bond donors (Lipinski definition) is 1. The number of nitrogens with zero attached hydrogens (tertiary/aromatic N) is 1.